The number of halogens is 3. The highest BCUT2D eigenvalue weighted by Gasteiger charge is 2.54. The Morgan fingerprint density at radius 3 is 2.32 bits per heavy atom. The zero-order valence-electron chi connectivity index (χ0n) is 10.1. The SMILES string of the molecule is O=C(O)C1CC2(CCOCC2)CN1C(=O)C(F)(F)F. The van der Waals surface area contributed by atoms with Crippen molar-refractivity contribution in [3.8, 4) is 0 Å². The quantitative estimate of drug-likeness (QED) is 0.779. The molecule has 0 bridgehead atoms. The summed E-state index contributed by atoms with van der Waals surface area (Å²) >= 11 is 0. The van der Waals surface area contributed by atoms with Crippen molar-refractivity contribution in [3.63, 3.8) is 0 Å². The van der Waals surface area contributed by atoms with Crippen LogP contribution in [0.2, 0.25) is 0 Å². The standard InChI is InChI=1S/C11H14F3NO4/c12-11(13,14)9(18)15-6-10(1-3-19-4-2-10)5-7(15)8(16)17/h7H,1-6H2,(H,16,17). The first-order valence-corrected chi connectivity index (χ1v) is 5.94. The van der Waals surface area contributed by atoms with Crippen LogP contribution >= 0.6 is 0 Å². The van der Waals surface area contributed by atoms with E-state index in [4.69, 9.17) is 9.84 Å². The maximum absolute atomic E-state index is 12.5. The highest BCUT2D eigenvalue weighted by Crippen LogP contribution is 2.44. The van der Waals surface area contributed by atoms with Crippen LogP contribution in [-0.2, 0) is 14.3 Å². The molecule has 0 aromatic heterocycles. The Labute approximate surface area is 107 Å². The van der Waals surface area contributed by atoms with Gasteiger partial charge in [0.2, 0.25) is 0 Å². The molecule has 1 amide bonds. The van der Waals surface area contributed by atoms with Crippen LogP contribution < -0.4 is 0 Å². The summed E-state index contributed by atoms with van der Waals surface area (Å²) in [6.45, 7) is 0.618. The third-order valence-corrected chi connectivity index (χ3v) is 3.85. The summed E-state index contributed by atoms with van der Waals surface area (Å²) < 4.78 is 42.6. The number of aliphatic carboxylic acids is 1. The van der Waals surface area contributed by atoms with Gasteiger partial charge in [0.1, 0.15) is 6.04 Å². The van der Waals surface area contributed by atoms with Gasteiger partial charge >= 0.3 is 18.1 Å². The van der Waals surface area contributed by atoms with E-state index in [9.17, 15) is 22.8 Å². The van der Waals surface area contributed by atoms with E-state index in [1.54, 1.807) is 0 Å². The van der Waals surface area contributed by atoms with Gasteiger partial charge in [0.05, 0.1) is 0 Å². The molecule has 0 radical (unpaired) electrons. The van der Waals surface area contributed by atoms with E-state index < -0.39 is 29.5 Å². The van der Waals surface area contributed by atoms with E-state index in [1.807, 2.05) is 0 Å². The van der Waals surface area contributed by atoms with E-state index in [-0.39, 0.29) is 13.0 Å². The zero-order chi connectivity index (χ0) is 14.3. The third kappa shape index (κ3) is 2.68. The molecule has 108 valence electrons. The number of hydrogen-bond donors (Lipinski definition) is 1. The fourth-order valence-electron chi connectivity index (χ4n) is 2.82. The summed E-state index contributed by atoms with van der Waals surface area (Å²) in [5.74, 6) is -3.45. The number of carboxylic acids is 1. The summed E-state index contributed by atoms with van der Waals surface area (Å²) in [7, 11) is 0. The fraction of sp³-hybridized carbons (Fsp3) is 0.818. The molecule has 2 rings (SSSR count). The maximum atomic E-state index is 12.5. The Morgan fingerprint density at radius 1 is 1.26 bits per heavy atom. The first-order chi connectivity index (χ1) is 8.75. The normalized spacial score (nSPS) is 26.7. The largest absolute Gasteiger partial charge is 0.480 e. The first kappa shape index (κ1) is 14.1. The van der Waals surface area contributed by atoms with Crippen LogP contribution in [0.5, 0.6) is 0 Å². The second-order valence-electron chi connectivity index (χ2n) is 5.10. The van der Waals surface area contributed by atoms with Crippen LogP contribution in [0.3, 0.4) is 0 Å². The molecule has 0 saturated carbocycles. The van der Waals surface area contributed by atoms with Gasteiger partial charge in [-0.3, -0.25) is 4.79 Å². The molecule has 8 heteroatoms. The highest BCUT2D eigenvalue weighted by molar-refractivity contribution is 5.87. The fourth-order valence-corrected chi connectivity index (χ4v) is 2.82. The van der Waals surface area contributed by atoms with Gasteiger partial charge in [0.25, 0.3) is 0 Å². The highest BCUT2D eigenvalue weighted by atomic mass is 19.4. The lowest BCUT2D eigenvalue weighted by Gasteiger charge is -2.32. The van der Waals surface area contributed by atoms with Crippen molar-refractivity contribution in [3.05, 3.63) is 0 Å². The van der Waals surface area contributed by atoms with Crippen molar-refractivity contribution in [1.82, 2.24) is 4.90 Å². The van der Waals surface area contributed by atoms with Gasteiger partial charge in [0.15, 0.2) is 0 Å². The summed E-state index contributed by atoms with van der Waals surface area (Å²) in [6, 6.07) is -1.40. The van der Waals surface area contributed by atoms with E-state index in [0.717, 1.165) is 0 Å². The average molecular weight is 281 g/mol. The van der Waals surface area contributed by atoms with Crippen molar-refractivity contribution in [2.75, 3.05) is 19.8 Å². The molecule has 1 N–H and O–H groups in total. The average Bonchev–Trinajstić information content (AvgIpc) is 2.67. The minimum absolute atomic E-state index is 0.0630. The van der Waals surface area contributed by atoms with Gasteiger partial charge in [0, 0.05) is 19.8 Å². The molecule has 1 unspecified atom stereocenters. The van der Waals surface area contributed by atoms with Crippen molar-refractivity contribution >= 4 is 11.9 Å². The van der Waals surface area contributed by atoms with Crippen LogP contribution in [0.15, 0.2) is 0 Å². The number of alkyl halides is 3. The van der Waals surface area contributed by atoms with Gasteiger partial charge < -0.3 is 14.7 Å². The van der Waals surface area contributed by atoms with E-state index in [1.165, 1.54) is 0 Å². The van der Waals surface area contributed by atoms with Gasteiger partial charge in [-0.1, -0.05) is 0 Å². The van der Waals surface area contributed by atoms with E-state index >= 15 is 0 Å². The van der Waals surface area contributed by atoms with Crippen LogP contribution in [-0.4, -0.2) is 53.9 Å². The molecule has 2 heterocycles. The molecule has 5 nitrogen and oxygen atoms in total. The van der Waals surface area contributed by atoms with Crippen molar-refractivity contribution < 1.29 is 32.6 Å². The van der Waals surface area contributed by atoms with Gasteiger partial charge in [-0.2, -0.15) is 13.2 Å². The number of ether oxygens (including phenoxy) is 1. The number of carbonyl (C=O) groups is 2. The molecule has 2 fully saturated rings. The number of rotatable bonds is 1. The molecular weight excluding hydrogens is 267 g/mol. The summed E-state index contributed by atoms with van der Waals surface area (Å²) in [6.07, 6.45) is -4.01. The topological polar surface area (TPSA) is 66.8 Å². The Bertz CT molecular complexity index is 390. The van der Waals surface area contributed by atoms with Gasteiger partial charge in [-0.25, -0.2) is 4.79 Å². The Morgan fingerprint density at radius 2 is 1.84 bits per heavy atom. The minimum Gasteiger partial charge on any atom is -0.480 e. The second-order valence-corrected chi connectivity index (χ2v) is 5.10. The van der Waals surface area contributed by atoms with Crippen LogP contribution in [0, 0.1) is 5.41 Å². The molecule has 0 aliphatic carbocycles. The molecular formula is C11H14F3NO4. The summed E-state index contributed by atoms with van der Waals surface area (Å²) in [5, 5.41) is 9.02. The summed E-state index contributed by atoms with van der Waals surface area (Å²) in [4.78, 5) is 22.8. The number of carboxylic acid groups (broad SMARTS) is 1. The third-order valence-electron chi connectivity index (χ3n) is 3.85. The first-order valence-electron chi connectivity index (χ1n) is 5.94. The molecule has 19 heavy (non-hydrogen) atoms. The minimum atomic E-state index is -5.04. The molecule has 0 aromatic rings. The van der Waals surface area contributed by atoms with E-state index in [0.29, 0.717) is 31.0 Å². The van der Waals surface area contributed by atoms with E-state index in [2.05, 4.69) is 0 Å². The smallest absolute Gasteiger partial charge is 0.471 e. The lowest BCUT2D eigenvalue weighted by atomic mass is 9.78. The molecule has 1 atom stereocenters. The second kappa shape index (κ2) is 4.66. The lowest BCUT2D eigenvalue weighted by Crippen LogP contribution is -2.47. The number of nitrogens with zero attached hydrogens (tertiary/aromatic N) is 1. The maximum Gasteiger partial charge on any atom is 0.471 e. The number of amides is 1. The van der Waals surface area contributed by atoms with Crippen molar-refractivity contribution in [1.29, 1.82) is 0 Å². The lowest BCUT2D eigenvalue weighted by molar-refractivity contribution is -0.188. The number of likely N-dealkylation sites (tertiary alicyclic amines) is 1. The van der Waals surface area contributed by atoms with Gasteiger partial charge in [-0.15, -0.1) is 0 Å². The predicted molar refractivity (Wildman–Crippen MR) is 56.3 cm³/mol. The van der Waals surface area contributed by atoms with Crippen LogP contribution in [0.1, 0.15) is 19.3 Å². The van der Waals surface area contributed by atoms with Crippen LogP contribution in [0.25, 0.3) is 0 Å². The zero-order valence-corrected chi connectivity index (χ0v) is 10.1. The Kier molecular flexibility index (Phi) is 3.46. The monoisotopic (exact) mass is 281 g/mol. The van der Waals surface area contributed by atoms with Crippen molar-refractivity contribution in [2.45, 2.75) is 31.5 Å². The molecule has 1 spiro atoms. The molecule has 2 aliphatic rings. The van der Waals surface area contributed by atoms with Gasteiger partial charge in [-0.05, 0) is 24.7 Å². The summed E-state index contributed by atoms with van der Waals surface area (Å²) in [5.41, 5.74) is -0.553. The predicted octanol–water partition coefficient (Wildman–Crippen LogP) is 1.03. The Hall–Kier alpha value is -1.31. The number of hydrogen-bond acceptors (Lipinski definition) is 3. The molecule has 2 aliphatic heterocycles. The number of carbonyl (C=O) groups excluding carboxylic acids is 1. The Balaban J connectivity index is 2.22. The molecule has 2 saturated heterocycles. The van der Waals surface area contributed by atoms with Crippen LogP contribution in [0.4, 0.5) is 13.2 Å². The van der Waals surface area contributed by atoms with Crippen molar-refractivity contribution in [2.24, 2.45) is 5.41 Å². The molecule has 0 aromatic carbocycles.